The van der Waals surface area contributed by atoms with Crippen molar-refractivity contribution in [3.63, 3.8) is 0 Å². The molecule has 0 aromatic heterocycles. The molecule has 1 saturated heterocycles. The fourth-order valence-corrected chi connectivity index (χ4v) is 3.53. The number of imide groups is 1. The summed E-state index contributed by atoms with van der Waals surface area (Å²) in [4.78, 5) is 26.1. The summed E-state index contributed by atoms with van der Waals surface area (Å²) in [6.45, 7) is 3.98. The molecule has 0 spiro atoms. The number of likely N-dealkylation sites (tertiary alicyclic amines) is 1. The highest BCUT2D eigenvalue weighted by molar-refractivity contribution is 6.05. The molecule has 1 aromatic rings. The van der Waals surface area contributed by atoms with Crippen molar-refractivity contribution < 1.29 is 14.7 Å². The van der Waals surface area contributed by atoms with Crippen LogP contribution in [0, 0.1) is 25.7 Å². The van der Waals surface area contributed by atoms with E-state index in [1.54, 1.807) is 0 Å². The van der Waals surface area contributed by atoms with Gasteiger partial charge >= 0.3 is 0 Å². The highest BCUT2D eigenvalue weighted by Crippen LogP contribution is 2.36. The summed E-state index contributed by atoms with van der Waals surface area (Å²) in [6, 6.07) is 5.83. The standard InChI is InChI=1S/C18H21NO3/c1-11-7-12(2)9-13(8-11)16(20)10-19-17(21)14-5-3-4-6-15(14)18(19)22/h3-4,7-9,14-16,20H,5-6,10H2,1-2H3. The largest absolute Gasteiger partial charge is 0.387 e. The van der Waals surface area contributed by atoms with E-state index in [-0.39, 0.29) is 30.2 Å². The first kappa shape index (κ1) is 15.0. The Hall–Kier alpha value is -1.94. The van der Waals surface area contributed by atoms with E-state index < -0.39 is 6.10 Å². The van der Waals surface area contributed by atoms with E-state index in [4.69, 9.17) is 0 Å². The van der Waals surface area contributed by atoms with Crippen molar-refractivity contribution in [1.82, 2.24) is 4.90 Å². The summed E-state index contributed by atoms with van der Waals surface area (Å²) < 4.78 is 0. The summed E-state index contributed by atoms with van der Waals surface area (Å²) in [7, 11) is 0. The van der Waals surface area contributed by atoms with Crippen molar-refractivity contribution in [2.75, 3.05) is 6.54 Å². The summed E-state index contributed by atoms with van der Waals surface area (Å²) in [5.74, 6) is -0.738. The molecule has 3 atom stereocenters. The van der Waals surface area contributed by atoms with Gasteiger partial charge in [-0.1, -0.05) is 41.5 Å². The Morgan fingerprint density at radius 2 is 1.55 bits per heavy atom. The van der Waals surface area contributed by atoms with Crippen LogP contribution in [0.3, 0.4) is 0 Å². The highest BCUT2D eigenvalue weighted by atomic mass is 16.3. The number of benzene rings is 1. The Kier molecular flexibility index (Phi) is 3.87. The summed E-state index contributed by atoms with van der Waals surface area (Å²) in [5, 5.41) is 10.4. The van der Waals surface area contributed by atoms with Crippen LogP contribution in [0.1, 0.15) is 35.6 Å². The Balaban J connectivity index is 1.78. The molecule has 4 nitrogen and oxygen atoms in total. The molecule has 1 fully saturated rings. The maximum atomic E-state index is 12.4. The van der Waals surface area contributed by atoms with Crippen molar-refractivity contribution in [3.8, 4) is 0 Å². The van der Waals surface area contributed by atoms with Gasteiger partial charge in [-0.25, -0.2) is 0 Å². The monoisotopic (exact) mass is 299 g/mol. The minimum absolute atomic E-state index is 0.0492. The topological polar surface area (TPSA) is 57.6 Å². The lowest BCUT2D eigenvalue weighted by atomic mass is 9.85. The van der Waals surface area contributed by atoms with Gasteiger partial charge in [0, 0.05) is 0 Å². The van der Waals surface area contributed by atoms with E-state index >= 15 is 0 Å². The number of fused-ring (bicyclic) bond motifs is 1. The van der Waals surface area contributed by atoms with Gasteiger partial charge in [0.2, 0.25) is 11.8 Å². The average Bonchev–Trinajstić information content (AvgIpc) is 2.72. The van der Waals surface area contributed by atoms with E-state index in [0.29, 0.717) is 12.8 Å². The van der Waals surface area contributed by atoms with Crippen molar-refractivity contribution in [2.24, 2.45) is 11.8 Å². The molecule has 1 N–H and O–H groups in total. The second kappa shape index (κ2) is 5.69. The first-order valence-electron chi connectivity index (χ1n) is 7.74. The number of aliphatic hydroxyl groups excluding tert-OH is 1. The quantitative estimate of drug-likeness (QED) is 0.688. The molecule has 1 heterocycles. The zero-order valence-electron chi connectivity index (χ0n) is 13.0. The van der Waals surface area contributed by atoms with Gasteiger partial charge in [-0.3, -0.25) is 14.5 Å². The fourth-order valence-electron chi connectivity index (χ4n) is 3.53. The van der Waals surface area contributed by atoms with Crippen LogP contribution in [-0.4, -0.2) is 28.4 Å². The lowest BCUT2D eigenvalue weighted by Crippen LogP contribution is -2.35. The number of allylic oxidation sites excluding steroid dienone is 2. The number of aliphatic hydroxyl groups is 1. The van der Waals surface area contributed by atoms with Gasteiger partial charge in [0.1, 0.15) is 0 Å². The van der Waals surface area contributed by atoms with E-state index in [2.05, 4.69) is 0 Å². The molecule has 22 heavy (non-hydrogen) atoms. The number of aryl methyl sites for hydroxylation is 2. The Labute approximate surface area is 130 Å². The van der Waals surface area contributed by atoms with Crippen LogP contribution >= 0.6 is 0 Å². The molecule has 4 heteroatoms. The lowest BCUT2D eigenvalue weighted by molar-refractivity contribution is -0.141. The number of rotatable bonds is 3. The smallest absolute Gasteiger partial charge is 0.233 e. The van der Waals surface area contributed by atoms with Gasteiger partial charge in [0.25, 0.3) is 0 Å². The summed E-state index contributed by atoms with van der Waals surface area (Å²) >= 11 is 0. The molecule has 1 aliphatic heterocycles. The molecule has 116 valence electrons. The van der Waals surface area contributed by atoms with Crippen LogP contribution in [0.4, 0.5) is 0 Å². The Bertz CT molecular complexity index is 603. The molecule has 0 saturated carbocycles. The maximum absolute atomic E-state index is 12.4. The van der Waals surface area contributed by atoms with Crippen molar-refractivity contribution in [3.05, 3.63) is 47.0 Å². The number of hydrogen-bond acceptors (Lipinski definition) is 3. The van der Waals surface area contributed by atoms with Gasteiger partial charge in [-0.2, -0.15) is 0 Å². The maximum Gasteiger partial charge on any atom is 0.233 e. The van der Waals surface area contributed by atoms with E-state index in [1.165, 1.54) is 4.90 Å². The predicted octanol–water partition coefficient (Wildman–Crippen LogP) is 2.29. The van der Waals surface area contributed by atoms with Crippen molar-refractivity contribution in [1.29, 1.82) is 0 Å². The zero-order chi connectivity index (χ0) is 15.9. The van der Waals surface area contributed by atoms with Crippen LogP contribution in [0.25, 0.3) is 0 Å². The number of nitrogens with zero attached hydrogens (tertiary/aromatic N) is 1. The Morgan fingerprint density at radius 1 is 1.05 bits per heavy atom. The lowest BCUT2D eigenvalue weighted by Gasteiger charge is -2.20. The summed E-state index contributed by atoms with van der Waals surface area (Å²) in [6.07, 6.45) is 4.36. The minimum atomic E-state index is -0.834. The third-order valence-corrected chi connectivity index (χ3v) is 4.58. The second-order valence-electron chi connectivity index (χ2n) is 6.38. The molecular formula is C18H21NO3. The summed E-state index contributed by atoms with van der Waals surface area (Å²) in [5.41, 5.74) is 2.88. The van der Waals surface area contributed by atoms with E-state index in [9.17, 15) is 14.7 Å². The molecule has 0 radical (unpaired) electrons. The molecule has 2 aliphatic rings. The predicted molar refractivity (Wildman–Crippen MR) is 82.9 cm³/mol. The molecule has 1 aromatic carbocycles. The minimum Gasteiger partial charge on any atom is -0.387 e. The first-order valence-corrected chi connectivity index (χ1v) is 7.74. The number of carbonyl (C=O) groups excluding carboxylic acids is 2. The third kappa shape index (κ3) is 2.59. The van der Waals surface area contributed by atoms with Crippen LogP contribution in [-0.2, 0) is 9.59 Å². The van der Waals surface area contributed by atoms with Gasteiger partial charge in [-0.15, -0.1) is 0 Å². The fraction of sp³-hybridized carbons (Fsp3) is 0.444. The first-order chi connectivity index (χ1) is 10.5. The molecule has 3 rings (SSSR count). The van der Waals surface area contributed by atoms with Gasteiger partial charge in [0.15, 0.2) is 0 Å². The molecular weight excluding hydrogens is 278 g/mol. The van der Waals surface area contributed by atoms with Crippen molar-refractivity contribution in [2.45, 2.75) is 32.8 Å². The van der Waals surface area contributed by atoms with E-state index in [1.807, 2.05) is 44.2 Å². The average molecular weight is 299 g/mol. The van der Waals surface area contributed by atoms with Crippen molar-refractivity contribution >= 4 is 11.8 Å². The van der Waals surface area contributed by atoms with Gasteiger partial charge in [-0.05, 0) is 32.3 Å². The molecule has 3 unspecified atom stereocenters. The van der Waals surface area contributed by atoms with Crippen LogP contribution < -0.4 is 0 Å². The number of carbonyl (C=O) groups is 2. The van der Waals surface area contributed by atoms with Crippen LogP contribution in [0.15, 0.2) is 30.4 Å². The second-order valence-corrected chi connectivity index (χ2v) is 6.38. The number of amides is 2. The molecule has 0 bridgehead atoms. The molecule has 1 aliphatic carbocycles. The normalized spacial score (nSPS) is 25.5. The van der Waals surface area contributed by atoms with Gasteiger partial charge in [0.05, 0.1) is 24.5 Å². The number of hydrogen-bond donors (Lipinski definition) is 1. The Morgan fingerprint density at radius 3 is 2.05 bits per heavy atom. The van der Waals surface area contributed by atoms with Crippen LogP contribution in [0.2, 0.25) is 0 Å². The van der Waals surface area contributed by atoms with Gasteiger partial charge < -0.3 is 5.11 Å². The van der Waals surface area contributed by atoms with Crippen LogP contribution in [0.5, 0.6) is 0 Å². The van der Waals surface area contributed by atoms with E-state index in [0.717, 1.165) is 16.7 Å². The highest BCUT2D eigenvalue weighted by Gasteiger charge is 2.47. The zero-order valence-corrected chi connectivity index (χ0v) is 13.0. The molecule has 2 amide bonds. The SMILES string of the molecule is Cc1cc(C)cc(C(O)CN2C(=O)C3CC=CCC3C2=O)c1. The third-order valence-electron chi connectivity index (χ3n) is 4.58. The number of β-amino-alcohol motifs (C(OH)–C–C–N with tert-alkyl or cyclic N) is 1.